The summed E-state index contributed by atoms with van der Waals surface area (Å²) in [5, 5.41) is 5.82. The van der Waals surface area contributed by atoms with E-state index in [4.69, 9.17) is 11.6 Å². The Balaban J connectivity index is 1.44. The zero-order chi connectivity index (χ0) is 30.1. The summed E-state index contributed by atoms with van der Waals surface area (Å²) in [5.74, 6) is 0. The molecule has 1 aliphatic rings. The maximum atomic E-state index is 8.09. The summed E-state index contributed by atoms with van der Waals surface area (Å²) in [7, 11) is 0. The fraction of sp³-hybridized carbons (Fsp3) is 0.0233. The van der Waals surface area contributed by atoms with E-state index in [9.17, 15) is 0 Å². The Morgan fingerprint density at radius 3 is 1.71 bits per heavy atom. The van der Waals surface area contributed by atoms with E-state index in [1.807, 2.05) is 18.2 Å². The summed E-state index contributed by atoms with van der Waals surface area (Å²) < 4.78 is 0. The third kappa shape index (κ3) is 3.65. The number of nitrogens with zero attached hydrogens (tertiary/aromatic N) is 2. The molecular weight excluding hydrogens is 544 g/mol. The molecule has 0 aliphatic heterocycles. The Bertz CT molecular complexity index is 2450. The third-order valence-corrected chi connectivity index (χ3v) is 9.32. The van der Waals surface area contributed by atoms with E-state index in [0.29, 0.717) is 5.69 Å². The van der Waals surface area contributed by atoms with Crippen LogP contribution in [0.4, 0.5) is 5.69 Å². The molecule has 2 nitrogen and oxygen atoms in total. The molecule has 7 aromatic carbocycles. The van der Waals surface area contributed by atoms with E-state index in [1.54, 1.807) is 0 Å². The summed E-state index contributed by atoms with van der Waals surface area (Å²) in [6.45, 7) is 10.2. The van der Waals surface area contributed by atoms with Crippen molar-refractivity contribution in [3.05, 3.63) is 157 Å². The van der Waals surface area contributed by atoms with Crippen LogP contribution in [0.3, 0.4) is 0 Å². The van der Waals surface area contributed by atoms with Crippen LogP contribution < -0.4 is 0 Å². The molecule has 1 aromatic heterocycles. The summed E-state index contributed by atoms with van der Waals surface area (Å²) in [5.41, 5.74) is 14.3. The SMILES string of the molecule is [C-]#[N+]c1cc2cccc(C)c2nc1-c1ccc2c3c(cccc13)-c1c-2c(-c2ccccc2)c2ccccc2c1-c1ccccc1. The molecule has 208 valence electrons. The minimum atomic E-state index is 0.574. The summed E-state index contributed by atoms with van der Waals surface area (Å²) in [6, 6.07) is 49.6. The molecule has 0 fully saturated rings. The Labute approximate surface area is 261 Å². The smallest absolute Gasteiger partial charge is 0.213 e. The second-order valence-corrected chi connectivity index (χ2v) is 11.8. The Kier molecular flexibility index (Phi) is 5.51. The largest absolute Gasteiger partial charge is 0.259 e. The number of aryl methyl sites for hydroxylation is 1. The summed E-state index contributed by atoms with van der Waals surface area (Å²) in [6.07, 6.45) is 0. The fourth-order valence-corrected chi connectivity index (χ4v) is 7.44. The lowest BCUT2D eigenvalue weighted by atomic mass is 9.82. The topological polar surface area (TPSA) is 17.2 Å². The van der Waals surface area contributed by atoms with Gasteiger partial charge in [0.15, 0.2) is 0 Å². The Morgan fingerprint density at radius 2 is 1.07 bits per heavy atom. The highest BCUT2D eigenvalue weighted by atomic mass is 14.8. The molecule has 1 heterocycles. The van der Waals surface area contributed by atoms with E-state index in [2.05, 4.69) is 133 Å². The van der Waals surface area contributed by atoms with Crippen LogP contribution in [0, 0.1) is 13.5 Å². The van der Waals surface area contributed by atoms with Crippen molar-refractivity contribution in [3.63, 3.8) is 0 Å². The molecule has 2 heteroatoms. The van der Waals surface area contributed by atoms with E-state index in [-0.39, 0.29) is 0 Å². The zero-order valence-corrected chi connectivity index (χ0v) is 24.7. The molecule has 0 atom stereocenters. The lowest BCUT2D eigenvalue weighted by molar-refractivity contribution is 1.37. The number of hydrogen-bond donors (Lipinski definition) is 0. The second-order valence-electron chi connectivity index (χ2n) is 11.8. The van der Waals surface area contributed by atoms with Crippen molar-refractivity contribution in [3.8, 4) is 55.8 Å². The van der Waals surface area contributed by atoms with Gasteiger partial charge in [0, 0.05) is 0 Å². The van der Waals surface area contributed by atoms with Crippen LogP contribution in [0.25, 0.3) is 93.1 Å². The van der Waals surface area contributed by atoms with Crippen molar-refractivity contribution >= 4 is 38.1 Å². The fourth-order valence-electron chi connectivity index (χ4n) is 7.44. The van der Waals surface area contributed by atoms with E-state index >= 15 is 0 Å². The van der Waals surface area contributed by atoms with Crippen molar-refractivity contribution in [2.75, 3.05) is 0 Å². The average molecular weight is 571 g/mol. The van der Waals surface area contributed by atoms with Gasteiger partial charge in [-0.3, -0.25) is 4.98 Å². The maximum Gasteiger partial charge on any atom is 0.213 e. The predicted molar refractivity (Wildman–Crippen MR) is 188 cm³/mol. The van der Waals surface area contributed by atoms with Gasteiger partial charge in [-0.15, -0.1) is 0 Å². The van der Waals surface area contributed by atoms with Gasteiger partial charge in [-0.2, -0.15) is 0 Å². The van der Waals surface area contributed by atoms with Crippen LogP contribution in [0.15, 0.2) is 140 Å². The Morgan fingerprint density at radius 1 is 0.511 bits per heavy atom. The molecule has 0 bridgehead atoms. The maximum absolute atomic E-state index is 8.09. The van der Waals surface area contributed by atoms with Gasteiger partial charge in [-0.25, -0.2) is 4.85 Å². The van der Waals surface area contributed by atoms with Gasteiger partial charge < -0.3 is 0 Å². The van der Waals surface area contributed by atoms with Crippen molar-refractivity contribution in [1.82, 2.24) is 4.98 Å². The molecule has 0 spiro atoms. The molecule has 0 unspecified atom stereocenters. The first kappa shape index (κ1) is 25.5. The highest BCUT2D eigenvalue weighted by Crippen LogP contribution is 2.58. The van der Waals surface area contributed by atoms with Gasteiger partial charge in [0.05, 0.1) is 17.8 Å². The number of hydrogen-bond acceptors (Lipinski definition) is 1. The van der Waals surface area contributed by atoms with Gasteiger partial charge in [-0.05, 0) is 95.6 Å². The number of rotatable bonds is 3. The van der Waals surface area contributed by atoms with Crippen molar-refractivity contribution in [1.29, 1.82) is 0 Å². The molecular formula is C43H26N2. The minimum Gasteiger partial charge on any atom is -0.259 e. The lowest BCUT2D eigenvalue weighted by Crippen LogP contribution is -1.93. The summed E-state index contributed by atoms with van der Waals surface area (Å²) >= 11 is 0. The zero-order valence-electron chi connectivity index (χ0n) is 24.7. The standard InChI is InChI=1S/C43H26N2/c1-26-13-11-18-29-25-36(44-2)43(45-42(26)29)33-23-24-35-39-32(33)21-12-22-34(39)40-37(27-14-5-3-6-15-27)30-19-9-10-20-31(30)38(41(35)40)28-16-7-4-8-17-28/h3-25H,1H3. The Hall–Kier alpha value is -6.04. The van der Waals surface area contributed by atoms with Crippen LogP contribution in [-0.4, -0.2) is 4.98 Å². The molecule has 0 saturated carbocycles. The van der Waals surface area contributed by atoms with E-state index in [1.165, 1.54) is 60.7 Å². The van der Waals surface area contributed by atoms with Crippen molar-refractivity contribution in [2.45, 2.75) is 6.92 Å². The van der Waals surface area contributed by atoms with Crippen molar-refractivity contribution in [2.24, 2.45) is 0 Å². The van der Waals surface area contributed by atoms with Crippen LogP contribution in [0.2, 0.25) is 0 Å². The number of pyridine rings is 1. The third-order valence-electron chi connectivity index (χ3n) is 9.32. The van der Waals surface area contributed by atoms with Crippen LogP contribution in [-0.2, 0) is 0 Å². The van der Waals surface area contributed by atoms with E-state index < -0.39 is 0 Å². The molecule has 8 aromatic rings. The highest BCUT2D eigenvalue weighted by molar-refractivity contribution is 6.28. The second kappa shape index (κ2) is 9.74. The van der Waals surface area contributed by atoms with Gasteiger partial charge in [0.2, 0.25) is 5.69 Å². The minimum absolute atomic E-state index is 0.574. The first-order valence-electron chi connectivity index (χ1n) is 15.3. The molecule has 1 aliphatic carbocycles. The molecule has 0 radical (unpaired) electrons. The van der Waals surface area contributed by atoms with Crippen LogP contribution >= 0.6 is 0 Å². The number of benzene rings is 7. The molecule has 0 amide bonds. The molecule has 0 N–H and O–H groups in total. The lowest BCUT2D eigenvalue weighted by Gasteiger charge is -2.20. The average Bonchev–Trinajstić information content (AvgIpc) is 3.42. The van der Waals surface area contributed by atoms with Gasteiger partial charge >= 0.3 is 0 Å². The van der Waals surface area contributed by atoms with Crippen molar-refractivity contribution < 1.29 is 0 Å². The van der Waals surface area contributed by atoms with E-state index in [0.717, 1.165) is 33.1 Å². The van der Waals surface area contributed by atoms with Crippen LogP contribution in [0.5, 0.6) is 0 Å². The number of para-hydroxylation sites is 1. The number of fused-ring (bicyclic) bond motifs is 5. The monoisotopic (exact) mass is 570 g/mol. The first-order valence-corrected chi connectivity index (χ1v) is 15.3. The normalized spacial score (nSPS) is 11.6. The highest BCUT2D eigenvalue weighted by Gasteiger charge is 2.31. The van der Waals surface area contributed by atoms with Crippen LogP contribution in [0.1, 0.15) is 5.56 Å². The molecule has 9 rings (SSSR count). The molecule has 0 saturated heterocycles. The predicted octanol–water partition coefficient (Wildman–Crippen LogP) is 12.0. The number of aromatic nitrogens is 1. The van der Waals surface area contributed by atoms with Gasteiger partial charge in [0.25, 0.3) is 0 Å². The van der Waals surface area contributed by atoms with Gasteiger partial charge in [0.1, 0.15) is 0 Å². The molecule has 45 heavy (non-hydrogen) atoms. The first-order chi connectivity index (χ1) is 22.2. The quantitative estimate of drug-likeness (QED) is 0.193. The van der Waals surface area contributed by atoms with Gasteiger partial charge in [-0.1, -0.05) is 133 Å². The summed E-state index contributed by atoms with van der Waals surface area (Å²) in [4.78, 5) is 9.12.